The summed E-state index contributed by atoms with van der Waals surface area (Å²) in [5.41, 5.74) is 5.93. The van der Waals surface area contributed by atoms with Crippen molar-refractivity contribution in [3.8, 4) is 5.75 Å². The number of hydrogen-bond acceptors (Lipinski definition) is 6. The maximum atomic E-state index is 13.0. The number of halogens is 2. The zero-order valence-corrected chi connectivity index (χ0v) is 17.3. The van der Waals surface area contributed by atoms with Crippen molar-refractivity contribution in [2.45, 2.75) is 10.9 Å². The molecule has 0 aliphatic rings. The molecule has 0 saturated heterocycles. The highest BCUT2D eigenvalue weighted by atomic mass is 35.5. The molecule has 1 aromatic heterocycles. The fraction of sp³-hybridized carbons (Fsp3) is 0.158. The molecule has 0 radical (unpaired) electrons. The summed E-state index contributed by atoms with van der Waals surface area (Å²) in [6.07, 6.45) is 1.63. The number of amides is 2. The molecule has 156 valence electrons. The number of carbonyl (C=O) groups is 2. The first-order valence-corrected chi connectivity index (χ1v) is 10.0. The number of nitrogens with one attached hydrogen (secondary N) is 2. The molecular formula is C19H17ClFN5O3S. The van der Waals surface area contributed by atoms with Crippen molar-refractivity contribution in [3.05, 3.63) is 70.8 Å². The molecule has 11 heteroatoms. The van der Waals surface area contributed by atoms with Crippen molar-refractivity contribution in [3.63, 3.8) is 0 Å². The Morgan fingerprint density at radius 1 is 1.20 bits per heavy atom. The Morgan fingerprint density at radius 2 is 1.97 bits per heavy atom. The Labute approximate surface area is 180 Å². The van der Waals surface area contributed by atoms with E-state index < -0.39 is 24.2 Å². The largest absolute Gasteiger partial charge is 0.482 e. The van der Waals surface area contributed by atoms with Crippen LogP contribution in [-0.4, -0.2) is 33.2 Å². The number of hydrazine groups is 1. The molecule has 2 aromatic carbocycles. The van der Waals surface area contributed by atoms with Crippen LogP contribution >= 0.6 is 23.4 Å². The smallest absolute Gasteiger partial charge is 0.276 e. The van der Waals surface area contributed by atoms with E-state index in [1.807, 2.05) is 23.7 Å². The third-order valence-electron chi connectivity index (χ3n) is 3.82. The SMILES string of the molecule is Cn1cnnc1SCc1ccc(C(=O)NNC(=O)COc2ccc(F)cc2Cl)cc1. The quantitative estimate of drug-likeness (QED) is 0.425. The molecule has 3 rings (SSSR count). The lowest BCUT2D eigenvalue weighted by Gasteiger charge is -2.10. The molecular weight excluding hydrogens is 433 g/mol. The van der Waals surface area contributed by atoms with Crippen LogP contribution in [0.1, 0.15) is 15.9 Å². The lowest BCUT2D eigenvalue weighted by Crippen LogP contribution is -2.43. The molecule has 0 atom stereocenters. The van der Waals surface area contributed by atoms with E-state index in [9.17, 15) is 14.0 Å². The maximum absolute atomic E-state index is 13.0. The van der Waals surface area contributed by atoms with E-state index in [-0.39, 0.29) is 10.8 Å². The molecule has 3 aromatic rings. The first-order chi connectivity index (χ1) is 14.4. The topological polar surface area (TPSA) is 98.1 Å². The minimum absolute atomic E-state index is 0.0456. The second-order valence-corrected chi connectivity index (χ2v) is 7.43. The summed E-state index contributed by atoms with van der Waals surface area (Å²) in [4.78, 5) is 24.0. The van der Waals surface area contributed by atoms with Gasteiger partial charge in [0.2, 0.25) is 0 Å². The van der Waals surface area contributed by atoms with Crippen molar-refractivity contribution in [1.82, 2.24) is 25.6 Å². The lowest BCUT2D eigenvalue weighted by atomic mass is 10.1. The van der Waals surface area contributed by atoms with Gasteiger partial charge < -0.3 is 9.30 Å². The van der Waals surface area contributed by atoms with Crippen LogP contribution in [0.5, 0.6) is 5.75 Å². The van der Waals surface area contributed by atoms with Crippen molar-refractivity contribution in [2.24, 2.45) is 7.05 Å². The highest BCUT2D eigenvalue weighted by Crippen LogP contribution is 2.24. The van der Waals surface area contributed by atoms with Crippen LogP contribution in [0.15, 0.2) is 53.9 Å². The highest BCUT2D eigenvalue weighted by Gasteiger charge is 2.10. The second kappa shape index (κ2) is 10.1. The summed E-state index contributed by atoms with van der Waals surface area (Å²) in [7, 11) is 1.86. The molecule has 2 amide bonds. The van der Waals surface area contributed by atoms with E-state index in [0.717, 1.165) is 22.9 Å². The van der Waals surface area contributed by atoms with E-state index >= 15 is 0 Å². The number of nitrogens with zero attached hydrogens (tertiary/aromatic N) is 3. The number of rotatable bonds is 7. The van der Waals surface area contributed by atoms with Gasteiger partial charge in [0.25, 0.3) is 11.8 Å². The number of ether oxygens (including phenoxy) is 1. The average Bonchev–Trinajstić information content (AvgIpc) is 3.15. The zero-order chi connectivity index (χ0) is 21.5. The van der Waals surface area contributed by atoms with Crippen LogP contribution in [0.2, 0.25) is 5.02 Å². The standard InChI is InChI=1S/C19H17ClFN5O3S/c1-26-11-22-25-19(26)30-10-12-2-4-13(5-3-12)18(28)24-23-17(27)9-29-16-7-6-14(21)8-15(16)20/h2-8,11H,9-10H2,1H3,(H,23,27)(H,24,28). The van der Waals surface area contributed by atoms with Crippen molar-refractivity contribution in [1.29, 1.82) is 0 Å². The molecule has 0 unspecified atom stereocenters. The molecule has 0 aliphatic carbocycles. The zero-order valence-electron chi connectivity index (χ0n) is 15.8. The molecule has 0 spiro atoms. The molecule has 1 heterocycles. The van der Waals surface area contributed by atoms with E-state index in [1.54, 1.807) is 18.5 Å². The van der Waals surface area contributed by atoms with Gasteiger partial charge in [-0.1, -0.05) is 35.5 Å². The van der Waals surface area contributed by atoms with E-state index in [0.29, 0.717) is 11.3 Å². The predicted octanol–water partition coefficient (Wildman–Crippen LogP) is 2.74. The Kier molecular flexibility index (Phi) is 7.26. The summed E-state index contributed by atoms with van der Waals surface area (Å²) < 4.78 is 20.0. The summed E-state index contributed by atoms with van der Waals surface area (Å²) in [5, 5.41) is 8.66. The normalized spacial score (nSPS) is 10.5. The molecule has 0 aliphatic heterocycles. The number of benzene rings is 2. The summed E-state index contributed by atoms with van der Waals surface area (Å²) in [5.74, 6) is -0.748. The second-order valence-electron chi connectivity index (χ2n) is 6.08. The Morgan fingerprint density at radius 3 is 2.63 bits per heavy atom. The minimum atomic E-state index is -0.597. The van der Waals surface area contributed by atoms with Gasteiger partial charge in [0.15, 0.2) is 11.8 Å². The van der Waals surface area contributed by atoms with Crippen molar-refractivity contribution >= 4 is 35.2 Å². The molecule has 2 N–H and O–H groups in total. The first-order valence-electron chi connectivity index (χ1n) is 8.65. The summed E-state index contributed by atoms with van der Waals surface area (Å²) >= 11 is 7.34. The highest BCUT2D eigenvalue weighted by molar-refractivity contribution is 7.98. The Balaban J connectivity index is 1.43. The molecule has 0 saturated carbocycles. The van der Waals surface area contributed by atoms with E-state index in [4.69, 9.17) is 16.3 Å². The Hall–Kier alpha value is -3.11. The van der Waals surface area contributed by atoms with E-state index in [2.05, 4.69) is 21.0 Å². The number of aryl methyl sites for hydroxylation is 1. The number of carbonyl (C=O) groups excluding carboxylic acids is 2. The summed E-state index contributed by atoms with van der Waals surface area (Å²) in [6, 6.07) is 10.5. The third kappa shape index (κ3) is 5.94. The number of aromatic nitrogens is 3. The van der Waals surface area contributed by atoms with Gasteiger partial charge in [0, 0.05) is 18.4 Å². The summed E-state index contributed by atoms with van der Waals surface area (Å²) in [6.45, 7) is -0.399. The monoisotopic (exact) mass is 449 g/mol. The number of hydrogen-bond donors (Lipinski definition) is 2. The van der Waals surface area contributed by atoms with E-state index in [1.165, 1.54) is 17.8 Å². The molecule has 0 fully saturated rings. The minimum Gasteiger partial charge on any atom is -0.482 e. The lowest BCUT2D eigenvalue weighted by molar-refractivity contribution is -0.123. The van der Waals surface area contributed by atoms with Gasteiger partial charge in [0.05, 0.1) is 5.02 Å². The Bertz CT molecular complexity index is 1040. The molecule has 30 heavy (non-hydrogen) atoms. The van der Waals surface area contributed by atoms with Crippen LogP contribution in [0.3, 0.4) is 0 Å². The predicted molar refractivity (Wildman–Crippen MR) is 110 cm³/mol. The van der Waals surface area contributed by atoms with Crippen LogP contribution in [0.4, 0.5) is 4.39 Å². The maximum Gasteiger partial charge on any atom is 0.276 e. The van der Waals surface area contributed by atoms with Gasteiger partial charge in [-0.25, -0.2) is 4.39 Å². The molecule has 0 bridgehead atoms. The molecule has 8 nitrogen and oxygen atoms in total. The van der Waals surface area contributed by atoms with Gasteiger partial charge in [0.1, 0.15) is 17.9 Å². The number of thioether (sulfide) groups is 1. The van der Waals surface area contributed by atoms with Crippen molar-refractivity contribution in [2.75, 3.05) is 6.61 Å². The fourth-order valence-corrected chi connectivity index (χ4v) is 3.34. The van der Waals surface area contributed by atoms with Crippen LogP contribution in [0, 0.1) is 5.82 Å². The van der Waals surface area contributed by atoms with Gasteiger partial charge in [-0.2, -0.15) is 0 Å². The van der Waals surface area contributed by atoms with Crippen LogP contribution < -0.4 is 15.6 Å². The van der Waals surface area contributed by atoms with Gasteiger partial charge in [-0.15, -0.1) is 10.2 Å². The third-order valence-corrected chi connectivity index (χ3v) is 5.22. The first kappa shape index (κ1) is 21.6. The van der Waals surface area contributed by atoms with Crippen LogP contribution in [0.25, 0.3) is 0 Å². The fourth-order valence-electron chi connectivity index (χ4n) is 2.27. The van der Waals surface area contributed by atoms with Gasteiger partial charge >= 0.3 is 0 Å². The van der Waals surface area contributed by atoms with Crippen LogP contribution in [-0.2, 0) is 17.6 Å². The van der Waals surface area contributed by atoms with Gasteiger partial charge in [-0.05, 0) is 35.9 Å². The van der Waals surface area contributed by atoms with Gasteiger partial charge in [-0.3, -0.25) is 20.4 Å². The van der Waals surface area contributed by atoms with Crippen molar-refractivity contribution < 1.29 is 18.7 Å². The average molecular weight is 450 g/mol.